The van der Waals surface area contributed by atoms with Gasteiger partial charge in [-0.05, 0) is 0 Å². The molecule has 0 bridgehead atoms. The molecule has 8 heavy (non-hydrogen) atoms. The zero-order valence-corrected chi connectivity index (χ0v) is 11.4. The van der Waals surface area contributed by atoms with Gasteiger partial charge in [0.1, 0.15) is 0 Å². The fraction of sp³-hybridized carbons (Fsp3) is 0. The molecule has 5 nitrogen and oxygen atoms in total. The van der Waals surface area contributed by atoms with Crippen LogP contribution >= 0.6 is 0 Å². The Balaban J connectivity index is -0.0000000133. The maximum absolute atomic E-state index is 8.74. The summed E-state index contributed by atoms with van der Waals surface area (Å²) in [4.78, 5) is 0. The fourth-order valence-electron chi connectivity index (χ4n) is 0. The summed E-state index contributed by atoms with van der Waals surface area (Å²) in [5.74, 6) is 0. The van der Waals surface area contributed by atoms with Crippen molar-refractivity contribution in [1.82, 2.24) is 6.15 Å². The minimum atomic E-state index is -4.67. The van der Waals surface area contributed by atoms with Gasteiger partial charge in [0.05, 0.1) is 0 Å². The van der Waals surface area contributed by atoms with Gasteiger partial charge in [0.2, 0.25) is 0 Å². The van der Waals surface area contributed by atoms with E-state index in [2.05, 4.69) is 0 Å². The second kappa shape index (κ2) is 9.84. The summed E-state index contributed by atoms with van der Waals surface area (Å²) in [7, 11) is -4.67. The smallest absolute Gasteiger partial charge is 1.00 e. The van der Waals surface area contributed by atoms with Gasteiger partial charge < -0.3 is 7.58 Å². The van der Waals surface area contributed by atoms with Crippen molar-refractivity contribution in [3.8, 4) is 0 Å². The van der Waals surface area contributed by atoms with E-state index in [-0.39, 0.29) is 101 Å². The van der Waals surface area contributed by atoms with Gasteiger partial charge in [-0.3, -0.25) is 9.11 Å². The molecule has 0 aliphatic carbocycles. The Morgan fingerprint density at radius 3 is 1.25 bits per heavy atom. The molecule has 0 unspecified atom stereocenters. The Morgan fingerprint density at radius 1 is 1.25 bits per heavy atom. The zero-order chi connectivity index (χ0) is 4.50. The number of hydrogen-bond donors (Lipinski definition) is 3. The first kappa shape index (κ1) is 22.4. The summed E-state index contributed by atoms with van der Waals surface area (Å²) in [5.41, 5.74) is 0. The summed E-state index contributed by atoms with van der Waals surface area (Å²) in [5, 5.41) is 0. The molecule has 0 fully saturated rings. The SMILES string of the molecule is N.O=S(=O)(O)O.[Ce].[H-].[K+]. The topological polar surface area (TPSA) is 110 Å². The average molecular weight is 295 g/mol. The van der Waals surface area contributed by atoms with Crippen molar-refractivity contribution in [2.75, 3.05) is 0 Å². The van der Waals surface area contributed by atoms with Crippen LogP contribution in [0.3, 0.4) is 0 Å². The van der Waals surface area contributed by atoms with Crippen molar-refractivity contribution in [2.45, 2.75) is 0 Å². The second-order valence-electron chi connectivity index (χ2n) is 0.448. The van der Waals surface area contributed by atoms with E-state index in [1.807, 2.05) is 0 Å². The summed E-state index contributed by atoms with van der Waals surface area (Å²) >= 11 is 0. The van der Waals surface area contributed by atoms with E-state index in [1.165, 1.54) is 0 Å². The van der Waals surface area contributed by atoms with Gasteiger partial charge in [-0.25, -0.2) is 0 Å². The molecule has 0 rings (SSSR count). The maximum Gasteiger partial charge on any atom is 1.00 e. The molecule has 8 heteroatoms. The Kier molecular flexibility index (Phi) is 27.6. The van der Waals surface area contributed by atoms with Gasteiger partial charge in [-0.15, -0.1) is 0 Å². The average Bonchev–Trinajstić information content (AvgIpc) is 0.722. The van der Waals surface area contributed by atoms with Crippen LogP contribution in [0.2, 0.25) is 0 Å². The quantitative estimate of drug-likeness (QED) is 0.319. The largest absolute Gasteiger partial charge is 1.00 e. The number of hydrogen-bond acceptors (Lipinski definition) is 3. The van der Waals surface area contributed by atoms with Crippen molar-refractivity contribution in [2.24, 2.45) is 0 Å². The van der Waals surface area contributed by atoms with Crippen molar-refractivity contribution < 1.29 is 112 Å². The molecule has 0 saturated carbocycles. The monoisotopic (exact) mass is 295 g/mol. The van der Waals surface area contributed by atoms with Gasteiger partial charge in [-0.1, -0.05) is 0 Å². The van der Waals surface area contributed by atoms with Crippen molar-refractivity contribution >= 4 is 10.4 Å². The summed E-state index contributed by atoms with van der Waals surface area (Å²) in [6, 6.07) is 0. The molecular weight excluding hydrogens is 289 g/mol. The third kappa shape index (κ3) is 67.3. The van der Waals surface area contributed by atoms with Crippen LogP contribution in [0.4, 0.5) is 0 Å². The van der Waals surface area contributed by atoms with E-state index in [9.17, 15) is 0 Å². The summed E-state index contributed by atoms with van der Waals surface area (Å²) in [6.45, 7) is 0. The van der Waals surface area contributed by atoms with Gasteiger partial charge in [0.25, 0.3) is 0 Å². The van der Waals surface area contributed by atoms with Crippen LogP contribution in [0.5, 0.6) is 0 Å². The molecule has 5 N–H and O–H groups in total. The van der Waals surface area contributed by atoms with Crippen LogP contribution in [0.25, 0.3) is 0 Å². The first-order valence-corrected chi connectivity index (χ1v) is 2.10. The number of rotatable bonds is 0. The van der Waals surface area contributed by atoms with E-state index in [4.69, 9.17) is 17.5 Å². The van der Waals surface area contributed by atoms with Crippen LogP contribution < -0.4 is 57.5 Å². The van der Waals surface area contributed by atoms with E-state index in [0.29, 0.717) is 0 Å². The van der Waals surface area contributed by atoms with E-state index < -0.39 is 10.4 Å². The second-order valence-corrected chi connectivity index (χ2v) is 1.34. The molecular formula is H6CeKNO4S. The molecule has 0 spiro atoms. The van der Waals surface area contributed by atoms with Crippen LogP contribution in [0.1, 0.15) is 1.43 Å². The van der Waals surface area contributed by atoms with Crippen LogP contribution in [0, 0.1) is 41.7 Å². The predicted molar refractivity (Wildman–Crippen MR) is 20.3 cm³/mol. The van der Waals surface area contributed by atoms with Gasteiger partial charge in [0, 0.05) is 41.7 Å². The molecule has 0 aromatic rings. The van der Waals surface area contributed by atoms with Crippen molar-refractivity contribution in [3.63, 3.8) is 0 Å². The maximum atomic E-state index is 8.74. The Bertz CT molecular complexity index is 104. The van der Waals surface area contributed by atoms with Gasteiger partial charge >= 0.3 is 61.8 Å². The third-order valence-corrected chi connectivity index (χ3v) is 0. The van der Waals surface area contributed by atoms with Gasteiger partial charge in [0.15, 0.2) is 0 Å². The van der Waals surface area contributed by atoms with Crippen molar-refractivity contribution in [3.05, 3.63) is 0 Å². The molecule has 0 aliphatic heterocycles. The Hall–Kier alpha value is 2.84. The molecule has 0 aromatic carbocycles. The molecule has 0 heterocycles. The molecule has 0 amide bonds. The molecule has 46 valence electrons. The zero-order valence-electron chi connectivity index (χ0n) is 5.33. The fourth-order valence-corrected chi connectivity index (χ4v) is 0. The Labute approximate surface area is 125 Å². The van der Waals surface area contributed by atoms with E-state index in [1.54, 1.807) is 0 Å². The summed E-state index contributed by atoms with van der Waals surface area (Å²) < 4.78 is 31.6. The van der Waals surface area contributed by atoms with E-state index in [0.717, 1.165) is 0 Å². The Morgan fingerprint density at radius 2 is 1.25 bits per heavy atom. The minimum Gasteiger partial charge on any atom is -1.00 e. The molecule has 0 radical (unpaired) electrons. The van der Waals surface area contributed by atoms with Crippen LogP contribution in [0.15, 0.2) is 0 Å². The van der Waals surface area contributed by atoms with E-state index >= 15 is 0 Å². The van der Waals surface area contributed by atoms with Crippen LogP contribution in [-0.2, 0) is 10.4 Å². The molecule has 0 saturated heterocycles. The minimum absolute atomic E-state index is 0. The molecule has 0 atom stereocenters. The third-order valence-electron chi connectivity index (χ3n) is 0. The molecule has 0 aromatic heterocycles. The normalized spacial score (nSPS) is 7.25. The van der Waals surface area contributed by atoms with Gasteiger partial charge in [-0.2, -0.15) is 8.42 Å². The standard InChI is InChI=1S/Ce.K.H3N.H2O4S.H/c;;;1-5(2,3)4;/h;;1H3;(H2,1,2,3,4);/q;+1;;;-1. The molecule has 0 aliphatic rings. The van der Waals surface area contributed by atoms with Crippen molar-refractivity contribution in [1.29, 1.82) is 0 Å². The predicted octanol–water partition coefficient (Wildman–Crippen LogP) is -3.37. The first-order valence-electron chi connectivity index (χ1n) is 0.698. The van der Waals surface area contributed by atoms with Crippen LogP contribution in [-0.4, -0.2) is 17.5 Å². The summed E-state index contributed by atoms with van der Waals surface area (Å²) in [6.07, 6.45) is 0. The first-order chi connectivity index (χ1) is 2.00.